The standard InChI is InChI=1S/C12H17ClO/c1-4-5-6-10-7-11(14)12(13)9(3)8(10)2/h7,14H,4-6H2,1-3H3. The number of phenols is 1. The average molecular weight is 213 g/mol. The van der Waals surface area contributed by atoms with Gasteiger partial charge >= 0.3 is 0 Å². The minimum Gasteiger partial charge on any atom is -0.506 e. The fraction of sp³-hybridized carbons (Fsp3) is 0.500. The van der Waals surface area contributed by atoms with E-state index in [9.17, 15) is 5.11 Å². The Morgan fingerprint density at radius 3 is 2.50 bits per heavy atom. The van der Waals surface area contributed by atoms with Crippen LogP contribution in [-0.4, -0.2) is 5.11 Å². The molecule has 1 aromatic carbocycles. The molecule has 1 aromatic rings. The summed E-state index contributed by atoms with van der Waals surface area (Å²) in [6.07, 6.45) is 3.34. The monoisotopic (exact) mass is 212 g/mol. The van der Waals surface area contributed by atoms with Crippen molar-refractivity contribution in [1.82, 2.24) is 0 Å². The molecule has 0 bridgehead atoms. The van der Waals surface area contributed by atoms with E-state index in [1.807, 2.05) is 6.92 Å². The van der Waals surface area contributed by atoms with Crippen LogP contribution in [0.4, 0.5) is 0 Å². The maximum atomic E-state index is 9.57. The highest BCUT2D eigenvalue weighted by Gasteiger charge is 2.09. The second-order valence-electron chi connectivity index (χ2n) is 3.72. The van der Waals surface area contributed by atoms with Crippen molar-refractivity contribution < 1.29 is 5.11 Å². The molecule has 0 saturated carbocycles. The Labute approximate surface area is 90.7 Å². The Balaban J connectivity index is 3.06. The maximum absolute atomic E-state index is 9.57. The fourth-order valence-corrected chi connectivity index (χ4v) is 1.76. The van der Waals surface area contributed by atoms with Gasteiger partial charge in [-0.3, -0.25) is 0 Å². The first-order valence-corrected chi connectivity index (χ1v) is 5.43. The van der Waals surface area contributed by atoms with Gasteiger partial charge in [-0.25, -0.2) is 0 Å². The summed E-state index contributed by atoms with van der Waals surface area (Å²) in [6.45, 7) is 6.18. The molecule has 1 N–H and O–H groups in total. The maximum Gasteiger partial charge on any atom is 0.134 e. The molecule has 0 saturated heterocycles. The smallest absolute Gasteiger partial charge is 0.134 e. The molecule has 2 heteroatoms. The van der Waals surface area contributed by atoms with E-state index in [2.05, 4.69) is 13.8 Å². The van der Waals surface area contributed by atoms with Gasteiger partial charge in [0.2, 0.25) is 0 Å². The van der Waals surface area contributed by atoms with Crippen molar-refractivity contribution in [2.75, 3.05) is 0 Å². The number of hydrogen-bond acceptors (Lipinski definition) is 1. The largest absolute Gasteiger partial charge is 0.506 e. The first-order chi connectivity index (χ1) is 6.57. The number of aryl methyl sites for hydroxylation is 1. The number of hydrogen-bond donors (Lipinski definition) is 1. The summed E-state index contributed by atoms with van der Waals surface area (Å²) < 4.78 is 0. The molecule has 0 radical (unpaired) electrons. The fourth-order valence-electron chi connectivity index (χ4n) is 1.56. The van der Waals surface area contributed by atoms with E-state index in [4.69, 9.17) is 11.6 Å². The highest BCUT2D eigenvalue weighted by atomic mass is 35.5. The van der Waals surface area contributed by atoms with Crippen LogP contribution < -0.4 is 0 Å². The minimum absolute atomic E-state index is 0.209. The Kier molecular flexibility index (Phi) is 3.82. The summed E-state index contributed by atoms with van der Waals surface area (Å²) in [5.74, 6) is 0.209. The van der Waals surface area contributed by atoms with E-state index < -0.39 is 0 Å². The SMILES string of the molecule is CCCCc1cc(O)c(Cl)c(C)c1C. The summed E-state index contributed by atoms with van der Waals surface area (Å²) >= 11 is 5.94. The van der Waals surface area contributed by atoms with Gasteiger partial charge in [-0.05, 0) is 49.4 Å². The molecule has 0 unspecified atom stereocenters. The molecule has 0 atom stereocenters. The van der Waals surface area contributed by atoms with Crippen molar-refractivity contribution >= 4 is 11.6 Å². The van der Waals surface area contributed by atoms with Gasteiger partial charge in [0.25, 0.3) is 0 Å². The third kappa shape index (κ3) is 2.21. The topological polar surface area (TPSA) is 20.2 Å². The predicted molar refractivity (Wildman–Crippen MR) is 61.2 cm³/mol. The molecule has 0 aliphatic rings. The van der Waals surface area contributed by atoms with Crippen LogP contribution in [0.2, 0.25) is 5.02 Å². The van der Waals surface area contributed by atoms with Crippen LogP contribution in [0.3, 0.4) is 0 Å². The molecule has 0 spiro atoms. The normalized spacial score (nSPS) is 10.6. The summed E-state index contributed by atoms with van der Waals surface area (Å²) in [7, 11) is 0. The van der Waals surface area contributed by atoms with Gasteiger partial charge in [-0.2, -0.15) is 0 Å². The first-order valence-electron chi connectivity index (χ1n) is 5.05. The second kappa shape index (κ2) is 4.70. The lowest BCUT2D eigenvalue weighted by atomic mass is 9.98. The van der Waals surface area contributed by atoms with Gasteiger partial charge in [-0.1, -0.05) is 24.9 Å². The van der Waals surface area contributed by atoms with Crippen molar-refractivity contribution in [3.8, 4) is 5.75 Å². The van der Waals surface area contributed by atoms with Gasteiger partial charge in [0, 0.05) is 0 Å². The van der Waals surface area contributed by atoms with Crippen LogP contribution >= 0.6 is 11.6 Å². The van der Waals surface area contributed by atoms with E-state index in [-0.39, 0.29) is 5.75 Å². The first kappa shape index (κ1) is 11.4. The van der Waals surface area contributed by atoms with Gasteiger partial charge in [0.15, 0.2) is 0 Å². The number of benzene rings is 1. The van der Waals surface area contributed by atoms with E-state index >= 15 is 0 Å². The van der Waals surface area contributed by atoms with Crippen molar-refractivity contribution in [2.45, 2.75) is 40.0 Å². The van der Waals surface area contributed by atoms with Crippen LogP contribution in [0.5, 0.6) is 5.75 Å². The van der Waals surface area contributed by atoms with E-state index in [1.54, 1.807) is 6.07 Å². The third-order valence-electron chi connectivity index (χ3n) is 2.71. The predicted octanol–water partition coefficient (Wildman–Crippen LogP) is 4.01. The minimum atomic E-state index is 0.209. The van der Waals surface area contributed by atoms with Crippen molar-refractivity contribution in [1.29, 1.82) is 0 Å². The molecular weight excluding hydrogens is 196 g/mol. The molecule has 0 aromatic heterocycles. The van der Waals surface area contributed by atoms with Gasteiger partial charge in [0.1, 0.15) is 5.75 Å². The van der Waals surface area contributed by atoms with Crippen molar-refractivity contribution in [2.24, 2.45) is 0 Å². The summed E-state index contributed by atoms with van der Waals surface area (Å²) in [6, 6.07) is 1.79. The Bertz CT molecular complexity index is 332. The molecule has 0 aliphatic carbocycles. The molecule has 0 fully saturated rings. The van der Waals surface area contributed by atoms with E-state index in [1.165, 1.54) is 17.5 Å². The molecule has 0 aliphatic heterocycles. The highest BCUT2D eigenvalue weighted by molar-refractivity contribution is 6.32. The van der Waals surface area contributed by atoms with Gasteiger partial charge in [-0.15, -0.1) is 0 Å². The molecular formula is C12H17ClO. The Hall–Kier alpha value is -0.690. The molecule has 0 heterocycles. The molecule has 78 valence electrons. The molecule has 14 heavy (non-hydrogen) atoms. The number of unbranched alkanes of at least 4 members (excludes halogenated alkanes) is 1. The van der Waals surface area contributed by atoms with Crippen LogP contribution in [0.15, 0.2) is 6.07 Å². The average Bonchev–Trinajstić information content (AvgIpc) is 2.18. The number of aromatic hydroxyl groups is 1. The molecule has 0 amide bonds. The number of rotatable bonds is 3. The lowest BCUT2D eigenvalue weighted by Gasteiger charge is -2.11. The van der Waals surface area contributed by atoms with Gasteiger partial charge < -0.3 is 5.11 Å². The van der Waals surface area contributed by atoms with E-state index in [0.29, 0.717) is 5.02 Å². The van der Waals surface area contributed by atoms with Crippen LogP contribution in [0.1, 0.15) is 36.5 Å². The van der Waals surface area contributed by atoms with Crippen LogP contribution in [0.25, 0.3) is 0 Å². The zero-order chi connectivity index (χ0) is 10.7. The summed E-state index contributed by atoms with van der Waals surface area (Å²) in [4.78, 5) is 0. The highest BCUT2D eigenvalue weighted by Crippen LogP contribution is 2.32. The van der Waals surface area contributed by atoms with Gasteiger partial charge in [0.05, 0.1) is 5.02 Å². The van der Waals surface area contributed by atoms with E-state index in [0.717, 1.165) is 18.4 Å². The third-order valence-corrected chi connectivity index (χ3v) is 3.19. The summed E-state index contributed by atoms with van der Waals surface area (Å²) in [5, 5.41) is 10.1. The zero-order valence-corrected chi connectivity index (χ0v) is 9.78. The van der Waals surface area contributed by atoms with Crippen LogP contribution in [-0.2, 0) is 6.42 Å². The lowest BCUT2D eigenvalue weighted by molar-refractivity contribution is 0.474. The molecule has 1 nitrogen and oxygen atoms in total. The number of phenolic OH excluding ortho intramolecular Hbond substituents is 1. The van der Waals surface area contributed by atoms with Crippen molar-refractivity contribution in [3.05, 3.63) is 27.8 Å². The lowest BCUT2D eigenvalue weighted by Crippen LogP contribution is -1.93. The van der Waals surface area contributed by atoms with Crippen LogP contribution in [0, 0.1) is 13.8 Å². The summed E-state index contributed by atoms with van der Waals surface area (Å²) in [5.41, 5.74) is 3.42. The van der Waals surface area contributed by atoms with Crippen molar-refractivity contribution in [3.63, 3.8) is 0 Å². The number of halogens is 1. The Morgan fingerprint density at radius 2 is 1.93 bits per heavy atom. The quantitative estimate of drug-likeness (QED) is 0.803. The molecule has 1 rings (SSSR count). The zero-order valence-electron chi connectivity index (χ0n) is 9.02. The second-order valence-corrected chi connectivity index (χ2v) is 4.10. The Morgan fingerprint density at radius 1 is 1.29 bits per heavy atom.